The van der Waals surface area contributed by atoms with E-state index >= 15 is 0 Å². The Hall–Kier alpha value is -1.75. The summed E-state index contributed by atoms with van der Waals surface area (Å²) in [5.41, 5.74) is -0.907. The average Bonchev–Trinajstić information content (AvgIpc) is 2.38. The molecule has 0 amide bonds. The molecule has 106 valence electrons. The summed E-state index contributed by atoms with van der Waals surface area (Å²) >= 11 is 5.59. The van der Waals surface area contributed by atoms with E-state index < -0.39 is 23.3 Å². The number of hydrogen-bond donors (Lipinski definition) is 0. The highest BCUT2D eigenvalue weighted by Gasteiger charge is 2.34. The van der Waals surface area contributed by atoms with Gasteiger partial charge in [0, 0.05) is 5.56 Å². The topological polar surface area (TPSA) is 9.23 Å². The maximum Gasteiger partial charge on any atom is 0.419 e. The molecule has 0 spiro atoms. The van der Waals surface area contributed by atoms with E-state index in [9.17, 15) is 17.6 Å². The van der Waals surface area contributed by atoms with Crippen molar-refractivity contribution in [2.24, 2.45) is 0 Å². The molecule has 0 N–H and O–H groups in total. The summed E-state index contributed by atoms with van der Waals surface area (Å²) in [6, 6.07) is 8.61. The molecule has 0 saturated carbocycles. The molecule has 2 aromatic rings. The van der Waals surface area contributed by atoms with Gasteiger partial charge in [-0.25, -0.2) is 4.39 Å². The Kier molecular flexibility index (Phi) is 4.18. The van der Waals surface area contributed by atoms with Crippen LogP contribution < -0.4 is 4.74 Å². The molecule has 0 aliphatic rings. The lowest BCUT2D eigenvalue weighted by Gasteiger charge is -2.15. The first-order chi connectivity index (χ1) is 9.43. The Bertz CT molecular complexity index is 610. The van der Waals surface area contributed by atoms with Crippen LogP contribution in [0.5, 0.6) is 11.5 Å². The van der Waals surface area contributed by atoms with Gasteiger partial charge in [0.25, 0.3) is 0 Å². The first-order valence-electron chi connectivity index (χ1n) is 5.61. The second-order valence-electron chi connectivity index (χ2n) is 3.95. The predicted molar refractivity (Wildman–Crippen MR) is 67.5 cm³/mol. The van der Waals surface area contributed by atoms with Crippen molar-refractivity contribution in [1.29, 1.82) is 0 Å². The van der Waals surface area contributed by atoms with Gasteiger partial charge in [-0.2, -0.15) is 13.2 Å². The van der Waals surface area contributed by atoms with Crippen LogP contribution in [0.4, 0.5) is 17.6 Å². The van der Waals surface area contributed by atoms with Gasteiger partial charge in [-0.15, -0.1) is 11.6 Å². The molecule has 2 rings (SSSR count). The predicted octanol–water partition coefficient (Wildman–Crippen LogP) is 5.38. The molecule has 0 heterocycles. The van der Waals surface area contributed by atoms with Crippen molar-refractivity contribution in [3.63, 3.8) is 0 Å². The van der Waals surface area contributed by atoms with Gasteiger partial charge >= 0.3 is 6.18 Å². The minimum Gasteiger partial charge on any atom is -0.456 e. The summed E-state index contributed by atoms with van der Waals surface area (Å²) in [6.07, 6.45) is -4.55. The molecule has 0 saturated heterocycles. The van der Waals surface area contributed by atoms with E-state index in [1.54, 1.807) is 0 Å². The molecule has 0 bridgehead atoms. The van der Waals surface area contributed by atoms with Gasteiger partial charge in [-0.3, -0.25) is 0 Å². The summed E-state index contributed by atoms with van der Waals surface area (Å²) in [4.78, 5) is 0. The molecular weight excluding hydrogens is 296 g/mol. The van der Waals surface area contributed by atoms with E-state index in [-0.39, 0.29) is 17.2 Å². The molecular formula is C14H9ClF4O. The molecule has 0 unspecified atom stereocenters. The van der Waals surface area contributed by atoms with Gasteiger partial charge in [-0.05, 0) is 24.3 Å². The normalized spacial score (nSPS) is 11.4. The molecule has 0 radical (unpaired) electrons. The van der Waals surface area contributed by atoms with Gasteiger partial charge in [0.1, 0.15) is 17.3 Å². The van der Waals surface area contributed by atoms with E-state index in [0.29, 0.717) is 0 Å². The zero-order valence-electron chi connectivity index (χ0n) is 10.0. The summed E-state index contributed by atoms with van der Waals surface area (Å²) in [5.74, 6) is -1.24. The van der Waals surface area contributed by atoms with Crippen LogP contribution in [0.15, 0.2) is 42.5 Å². The summed E-state index contributed by atoms with van der Waals surface area (Å²) in [7, 11) is 0. The fraction of sp³-hybridized carbons (Fsp3) is 0.143. The van der Waals surface area contributed by atoms with E-state index in [1.807, 2.05) is 0 Å². The highest BCUT2D eigenvalue weighted by molar-refractivity contribution is 6.17. The summed E-state index contributed by atoms with van der Waals surface area (Å²) < 4.78 is 57.2. The van der Waals surface area contributed by atoms with Crippen LogP contribution in [-0.2, 0) is 12.1 Å². The lowest BCUT2D eigenvalue weighted by atomic mass is 10.2. The molecule has 0 atom stereocenters. The molecule has 1 nitrogen and oxygen atoms in total. The first-order valence-corrected chi connectivity index (χ1v) is 6.14. The minimum atomic E-state index is -4.55. The van der Waals surface area contributed by atoms with Crippen LogP contribution >= 0.6 is 11.6 Å². The Balaban J connectivity index is 2.44. The number of ether oxygens (including phenoxy) is 1. The molecule has 20 heavy (non-hydrogen) atoms. The third kappa shape index (κ3) is 3.04. The molecule has 2 aromatic carbocycles. The Morgan fingerprint density at radius 2 is 1.60 bits per heavy atom. The lowest BCUT2D eigenvalue weighted by Crippen LogP contribution is -2.07. The van der Waals surface area contributed by atoms with Crippen molar-refractivity contribution in [3.8, 4) is 11.5 Å². The number of alkyl halides is 4. The first kappa shape index (κ1) is 14.7. The Morgan fingerprint density at radius 1 is 0.950 bits per heavy atom. The standard InChI is InChI=1S/C14H9ClF4O/c15-8-9-11(16)5-3-7-12(9)20-13-6-2-1-4-10(13)14(17,18)19/h1-7H,8H2. The van der Waals surface area contributed by atoms with Gasteiger partial charge in [0.2, 0.25) is 0 Å². The van der Waals surface area contributed by atoms with E-state index in [0.717, 1.165) is 6.07 Å². The SMILES string of the molecule is Fc1cccc(Oc2ccccc2C(F)(F)F)c1CCl. The third-order valence-corrected chi connectivity index (χ3v) is 2.89. The Labute approximate surface area is 117 Å². The van der Waals surface area contributed by atoms with Crippen molar-refractivity contribution < 1.29 is 22.3 Å². The highest BCUT2D eigenvalue weighted by atomic mass is 35.5. The fourth-order valence-corrected chi connectivity index (χ4v) is 1.93. The molecule has 0 aliphatic carbocycles. The van der Waals surface area contributed by atoms with Gasteiger partial charge < -0.3 is 4.74 Å². The summed E-state index contributed by atoms with van der Waals surface area (Å²) in [6.45, 7) is 0. The van der Waals surface area contributed by atoms with Crippen LogP contribution in [0, 0.1) is 5.82 Å². The van der Waals surface area contributed by atoms with E-state index in [1.165, 1.54) is 36.4 Å². The van der Waals surface area contributed by atoms with Crippen LogP contribution in [-0.4, -0.2) is 0 Å². The number of rotatable bonds is 3. The molecule has 0 fully saturated rings. The van der Waals surface area contributed by atoms with Crippen LogP contribution in [0.3, 0.4) is 0 Å². The van der Waals surface area contributed by atoms with Crippen molar-refractivity contribution in [2.45, 2.75) is 12.1 Å². The van der Waals surface area contributed by atoms with Crippen molar-refractivity contribution in [3.05, 3.63) is 59.4 Å². The Morgan fingerprint density at radius 3 is 2.25 bits per heavy atom. The second kappa shape index (κ2) is 5.71. The minimum absolute atomic E-state index is 0.0196. The van der Waals surface area contributed by atoms with Crippen molar-refractivity contribution in [2.75, 3.05) is 0 Å². The number of halogens is 5. The maximum atomic E-state index is 13.5. The monoisotopic (exact) mass is 304 g/mol. The van der Waals surface area contributed by atoms with Crippen molar-refractivity contribution in [1.82, 2.24) is 0 Å². The largest absolute Gasteiger partial charge is 0.456 e. The van der Waals surface area contributed by atoms with Gasteiger partial charge in [0.15, 0.2) is 0 Å². The van der Waals surface area contributed by atoms with Crippen molar-refractivity contribution >= 4 is 11.6 Å². The van der Waals surface area contributed by atoms with E-state index in [4.69, 9.17) is 16.3 Å². The van der Waals surface area contributed by atoms with Gasteiger partial charge in [0.05, 0.1) is 11.4 Å². The second-order valence-corrected chi connectivity index (χ2v) is 4.21. The lowest BCUT2D eigenvalue weighted by molar-refractivity contribution is -0.138. The number of benzene rings is 2. The zero-order valence-corrected chi connectivity index (χ0v) is 10.8. The fourth-order valence-electron chi connectivity index (χ4n) is 1.67. The van der Waals surface area contributed by atoms with Crippen LogP contribution in [0.2, 0.25) is 0 Å². The smallest absolute Gasteiger partial charge is 0.419 e. The quantitative estimate of drug-likeness (QED) is 0.547. The molecule has 0 aromatic heterocycles. The highest BCUT2D eigenvalue weighted by Crippen LogP contribution is 2.38. The van der Waals surface area contributed by atoms with Gasteiger partial charge in [-0.1, -0.05) is 18.2 Å². The molecule has 6 heteroatoms. The van der Waals surface area contributed by atoms with E-state index in [2.05, 4.69) is 0 Å². The average molecular weight is 305 g/mol. The summed E-state index contributed by atoms with van der Waals surface area (Å²) in [5, 5.41) is 0. The zero-order chi connectivity index (χ0) is 14.8. The molecule has 0 aliphatic heterocycles. The maximum absolute atomic E-state index is 13.5. The van der Waals surface area contributed by atoms with Crippen LogP contribution in [0.25, 0.3) is 0 Å². The number of hydrogen-bond acceptors (Lipinski definition) is 1. The third-order valence-electron chi connectivity index (χ3n) is 2.62. The van der Waals surface area contributed by atoms with Crippen LogP contribution in [0.1, 0.15) is 11.1 Å². The number of para-hydroxylation sites is 1.